The highest BCUT2D eigenvalue weighted by atomic mass is 19.4. The number of piperidine rings is 1. The maximum absolute atomic E-state index is 12.9. The Morgan fingerprint density at radius 2 is 2.06 bits per heavy atom. The predicted octanol–water partition coefficient (Wildman–Crippen LogP) is 3.59. The summed E-state index contributed by atoms with van der Waals surface area (Å²) >= 11 is 0. The molecule has 1 N–H and O–H groups in total. The van der Waals surface area contributed by atoms with Gasteiger partial charge in [-0.25, -0.2) is 4.98 Å². The molecule has 5 rings (SSSR count). The summed E-state index contributed by atoms with van der Waals surface area (Å²) in [6.45, 7) is 1.06. The quantitative estimate of drug-likeness (QED) is 0.684. The first-order valence-electron chi connectivity index (χ1n) is 9.87. The summed E-state index contributed by atoms with van der Waals surface area (Å²) in [6, 6.07) is 7.61. The molecule has 1 amide bonds. The molecule has 162 valence electrons. The van der Waals surface area contributed by atoms with Crippen molar-refractivity contribution in [3.05, 3.63) is 47.9 Å². The summed E-state index contributed by atoms with van der Waals surface area (Å²) < 4.78 is 46.1. The van der Waals surface area contributed by atoms with Crippen molar-refractivity contribution in [2.75, 3.05) is 26.0 Å². The first-order valence-corrected chi connectivity index (χ1v) is 9.87. The number of rotatable bonds is 4. The number of fused-ring (bicyclic) bond motifs is 2. The van der Waals surface area contributed by atoms with Crippen LogP contribution in [0.25, 0.3) is 10.9 Å². The largest absolute Gasteiger partial charge is 0.494 e. The van der Waals surface area contributed by atoms with Gasteiger partial charge >= 0.3 is 6.18 Å². The molecule has 3 atom stereocenters. The van der Waals surface area contributed by atoms with Gasteiger partial charge in [0, 0.05) is 36.2 Å². The first kappa shape index (κ1) is 19.8. The van der Waals surface area contributed by atoms with Crippen LogP contribution in [0.2, 0.25) is 0 Å². The third-order valence-corrected chi connectivity index (χ3v) is 6.24. The number of halogens is 3. The second kappa shape index (κ2) is 6.94. The number of likely N-dealkylation sites (tertiary alicyclic amines) is 1. The molecule has 2 aliphatic rings. The number of hydrogen-bond donors (Lipinski definition) is 1. The highest BCUT2D eigenvalue weighted by Crippen LogP contribution is 2.48. The number of pyridine rings is 1. The Hall–Kier alpha value is -3.14. The van der Waals surface area contributed by atoms with Gasteiger partial charge in [0.05, 0.1) is 24.4 Å². The van der Waals surface area contributed by atoms with Crippen molar-refractivity contribution < 1.29 is 22.7 Å². The number of amides is 1. The summed E-state index contributed by atoms with van der Waals surface area (Å²) in [5.41, 5.74) is -0.386. The summed E-state index contributed by atoms with van der Waals surface area (Å²) in [5.74, 6) is 0.218. The average Bonchev–Trinajstić information content (AvgIpc) is 3.12. The number of methoxy groups -OCH3 is 1. The van der Waals surface area contributed by atoms with Gasteiger partial charge in [-0.05, 0) is 31.7 Å². The number of nitrogens with zero attached hydrogens (tertiary/aromatic N) is 4. The smallest absolute Gasteiger partial charge is 0.433 e. The van der Waals surface area contributed by atoms with Crippen molar-refractivity contribution in [3.8, 4) is 5.75 Å². The van der Waals surface area contributed by atoms with E-state index in [4.69, 9.17) is 4.74 Å². The van der Waals surface area contributed by atoms with Crippen LogP contribution in [-0.4, -0.2) is 52.3 Å². The first-order chi connectivity index (χ1) is 14.7. The van der Waals surface area contributed by atoms with Gasteiger partial charge in [0.15, 0.2) is 0 Å². The second-order valence-electron chi connectivity index (χ2n) is 8.05. The zero-order valence-corrected chi connectivity index (χ0v) is 16.8. The zero-order valence-electron chi connectivity index (χ0n) is 16.8. The standard InChI is InChI=1S/C21H20F3N5O2/c1-28-10-12-16(28)8-17(12)29-9-11-6-15(18(31-2)7-14(11)27-29)26-20(30)13-4-3-5-19(25-13)21(22,23)24/h3-7,9,12,16-17H,8,10H2,1-2H3,(H,26,30)/t12?,16?,17-/m1/s1. The summed E-state index contributed by atoms with van der Waals surface area (Å²) in [6.07, 6.45) is -1.64. The Morgan fingerprint density at radius 1 is 1.26 bits per heavy atom. The van der Waals surface area contributed by atoms with Crippen LogP contribution < -0.4 is 10.1 Å². The van der Waals surface area contributed by atoms with Crippen molar-refractivity contribution in [3.63, 3.8) is 0 Å². The molecule has 2 fully saturated rings. The molecule has 1 saturated carbocycles. The Bertz CT molecular complexity index is 1180. The van der Waals surface area contributed by atoms with Crippen LogP contribution in [0.1, 0.15) is 28.6 Å². The van der Waals surface area contributed by atoms with E-state index in [0.29, 0.717) is 29.4 Å². The molecule has 1 saturated heterocycles. The minimum Gasteiger partial charge on any atom is -0.494 e. The normalized spacial score (nSPS) is 23.1. The van der Waals surface area contributed by atoms with E-state index in [1.807, 2.05) is 10.9 Å². The van der Waals surface area contributed by atoms with Gasteiger partial charge in [-0.1, -0.05) is 6.07 Å². The van der Waals surface area contributed by atoms with Crippen LogP contribution in [0, 0.1) is 5.92 Å². The van der Waals surface area contributed by atoms with E-state index < -0.39 is 17.8 Å². The predicted molar refractivity (Wildman–Crippen MR) is 107 cm³/mol. The monoisotopic (exact) mass is 431 g/mol. The molecule has 1 aliphatic carbocycles. The number of carbonyl (C=O) groups excluding carboxylic acids is 1. The van der Waals surface area contributed by atoms with E-state index >= 15 is 0 Å². The number of nitrogens with one attached hydrogen (secondary N) is 1. The molecule has 0 spiro atoms. The Labute approximate surface area is 175 Å². The van der Waals surface area contributed by atoms with E-state index in [9.17, 15) is 18.0 Å². The summed E-state index contributed by atoms with van der Waals surface area (Å²) in [5, 5.41) is 8.09. The Balaban J connectivity index is 1.41. The van der Waals surface area contributed by atoms with Crippen LogP contribution in [0.15, 0.2) is 36.5 Å². The molecule has 1 aromatic carbocycles. The molecular formula is C21H20F3N5O2. The number of ether oxygens (including phenoxy) is 1. The molecule has 31 heavy (non-hydrogen) atoms. The second-order valence-corrected chi connectivity index (χ2v) is 8.05. The Kier molecular flexibility index (Phi) is 4.44. The molecule has 0 radical (unpaired) electrons. The summed E-state index contributed by atoms with van der Waals surface area (Å²) in [4.78, 5) is 18.3. The molecule has 0 bridgehead atoms. The van der Waals surface area contributed by atoms with E-state index in [2.05, 4.69) is 27.3 Å². The lowest BCUT2D eigenvalue weighted by molar-refractivity contribution is -0.141. The fraction of sp³-hybridized carbons (Fsp3) is 0.381. The fourth-order valence-electron chi connectivity index (χ4n) is 4.46. The van der Waals surface area contributed by atoms with Crippen LogP contribution in [0.4, 0.5) is 18.9 Å². The number of anilines is 1. The van der Waals surface area contributed by atoms with Crippen molar-refractivity contribution in [2.24, 2.45) is 5.92 Å². The van der Waals surface area contributed by atoms with E-state index in [-0.39, 0.29) is 5.69 Å². The molecule has 2 aromatic heterocycles. The summed E-state index contributed by atoms with van der Waals surface area (Å²) in [7, 11) is 3.58. The molecular weight excluding hydrogens is 411 g/mol. The van der Waals surface area contributed by atoms with E-state index in [0.717, 1.165) is 36.0 Å². The fourth-order valence-corrected chi connectivity index (χ4v) is 4.46. The van der Waals surface area contributed by atoms with Crippen LogP contribution >= 0.6 is 0 Å². The van der Waals surface area contributed by atoms with Gasteiger partial charge in [0.25, 0.3) is 5.91 Å². The van der Waals surface area contributed by atoms with Gasteiger partial charge in [-0.3, -0.25) is 9.48 Å². The Morgan fingerprint density at radius 3 is 2.71 bits per heavy atom. The highest BCUT2D eigenvalue weighted by Gasteiger charge is 2.52. The number of aromatic nitrogens is 3. The van der Waals surface area contributed by atoms with Crippen molar-refractivity contribution in [1.82, 2.24) is 19.7 Å². The molecule has 3 aromatic rings. The lowest BCUT2D eigenvalue weighted by Gasteiger charge is -2.58. The minimum absolute atomic E-state index is 0.331. The lowest BCUT2D eigenvalue weighted by Crippen LogP contribution is -2.65. The van der Waals surface area contributed by atoms with Gasteiger partial charge in [0.2, 0.25) is 0 Å². The third-order valence-electron chi connectivity index (χ3n) is 6.24. The van der Waals surface area contributed by atoms with Gasteiger partial charge in [-0.2, -0.15) is 18.3 Å². The van der Waals surface area contributed by atoms with Crippen molar-refractivity contribution in [1.29, 1.82) is 0 Å². The third kappa shape index (κ3) is 3.31. The molecule has 2 unspecified atom stereocenters. The van der Waals surface area contributed by atoms with Crippen molar-refractivity contribution in [2.45, 2.75) is 24.7 Å². The van der Waals surface area contributed by atoms with Crippen LogP contribution in [-0.2, 0) is 6.18 Å². The molecule has 1 aliphatic heterocycles. The van der Waals surface area contributed by atoms with Crippen molar-refractivity contribution >= 4 is 22.5 Å². The lowest BCUT2D eigenvalue weighted by atomic mass is 9.67. The van der Waals surface area contributed by atoms with Gasteiger partial charge in [0.1, 0.15) is 17.1 Å². The highest BCUT2D eigenvalue weighted by molar-refractivity contribution is 6.05. The average molecular weight is 431 g/mol. The van der Waals surface area contributed by atoms with E-state index in [1.54, 1.807) is 12.1 Å². The van der Waals surface area contributed by atoms with E-state index in [1.165, 1.54) is 13.2 Å². The van der Waals surface area contributed by atoms with Gasteiger partial charge < -0.3 is 15.0 Å². The maximum atomic E-state index is 12.9. The van der Waals surface area contributed by atoms with Crippen LogP contribution in [0.3, 0.4) is 0 Å². The van der Waals surface area contributed by atoms with Crippen LogP contribution in [0.5, 0.6) is 5.75 Å². The minimum atomic E-state index is -4.63. The molecule has 10 heteroatoms. The number of carbonyl (C=O) groups is 1. The number of hydrogen-bond acceptors (Lipinski definition) is 5. The number of alkyl halides is 3. The molecule has 7 nitrogen and oxygen atoms in total. The zero-order chi connectivity index (χ0) is 21.9. The SMILES string of the molecule is COc1cc2nn([C@@H]3CC4C3CN4C)cc2cc1NC(=O)c1cccc(C(F)(F)F)n1. The topological polar surface area (TPSA) is 72.3 Å². The number of benzene rings is 1. The molecule has 3 heterocycles. The maximum Gasteiger partial charge on any atom is 0.433 e. The van der Waals surface area contributed by atoms with Gasteiger partial charge in [-0.15, -0.1) is 0 Å².